The van der Waals surface area contributed by atoms with E-state index in [0.717, 1.165) is 43.0 Å². The average molecular weight is 392 g/mol. The van der Waals surface area contributed by atoms with Crippen LogP contribution in [0.15, 0.2) is 48.5 Å². The molecule has 3 aromatic carbocycles. The van der Waals surface area contributed by atoms with E-state index in [9.17, 15) is 5.11 Å². The fourth-order valence-corrected chi connectivity index (χ4v) is 4.52. The first-order valence-electron chi connectivity index (χ1n) is 10.3. The van der Waals surface area contributed by atoms with Crippen molar-refractivity contribution in [2.45, 2.75) is 39.0 Å². The maximum atomic E-state index is 9.35. The first-order chi connectivity index (χ1) is 14.2. The van der Waals surface area contributed by atoms with Crippen molar-refractivity contribution in [1.29, 1.82) is 0 Å². The summed E-state index contributed by atoms with van der Waals surface area (Å²) >= 11 is 0. The molecule has 1 unspecified atom stereocenters. The summed E-state index contributed by atoms with van der Waals surface area (Å²) in [4.78, 5) is 2.57. The van der Waals surface area contributed by atoms with Gasteiger partial charge in [0.05, 0.1) is 20.8 Å². The molecule has 152 valence electrons. The molecule has 0 amide bonds. The van der Waals surface area contributed by atoms with E-state index in [2.05, 4.69) is 54.3 Å². The lowest BCUT2D eigenvalue weighted by atomic mass is 9.90. The molecule has 3 aromatic rings. The van der Waals surface area contributed by atoms with Crippen LogP contribution in [0.4, 0.5) is 0 Å². The summed E-state index contributed by atoms with van der Waals surface area (Å²) in [6.45, 7) is 4.28. The number of ether oxygens (including phenoxy) is 2. The number of aliphatic hydroxyl groups excluding tert-OH is 1. The fourth-order valence-electron chi connectivity index (χ4n) is 4.52. The summed E-state index contributed by atoms with van der Waals surface area (Å²) in [6, 6.07) is 17.5. The van der Waals surface area contributed by atoms with E-state index < -0.39 is 0 Å². The smallest absolute Gasteiger partial charge is 0.161 e. The first kappa shape index (κ1) is 19.7. The third kappa shape index (κ3) is 3.83. The van der Waals surface area contributed by atoms with Crippen LogP contribution in [0, 0.1) is 0 Å². The van der Waals surface area contributed by atoms with Gasteiger partial charge in [0, 0.05) is 19.1 Å². The summed E-state index contributed by atoms with van der Waals surface area (Å²) < 4.78 is 11.1. The highest BCUT2D eigenvalue weighted by Gasteiger charge is 2.28. The molecule has 0 bridgehead atoms. The molecule has 0 radical (unpaired) electrons. The first-order valence-corrected chi connectivity index (χ1v) is 10.3. The number of hydrogen-bond acceptors (Lipinski definition) is 4. The van der Waals surface area contributed by atoms with Gasteiger partial charge in [-0.3, -0.25) is 4.90 Å². The molecule has 0 spiro atoms. The van der Waals surface area contributed by atoms with Crippen molar-refractivity contribution in [2.24, 2.45) is 0 Å². The topological polar surface area (TPSA) is 41.9 Å². The predicted molar refractivity (Wildman–Crippen MR) is 117 cm³/mol. The summed E-state index contributed by atoms with van der Waals surface area (Å²) in [5, 5.41) is 11.7. The lowest BCUT2D eigenvalue weighted by Crippen LogP contribution is -2.34. The van der Waals surface area contributed by atoms with E-state index in [1.54, 1.807) is 14.2 Å². The molecule has 0 fully saturated rings. The predicted octanol–water partition coefficient (Wildman–Crippen LogP) is 4.86. The Kier molecular flexibility index (Phi) is 5.74. The second-order valence-corrected chi connectivity index (χ2v) is 7.72. The lowest BCUT2D eigenvalue weighted by molar-refractivity contribution is 0.170. The molecule has 1 aliphatic rings. The third-order valence-corrected chi connectivity index (χ3v) is 6.04. The van der Waals surface area contributed by atoms with Crippen LogP contribution in [-0.2, 0) is 19.6 Å². The summed E-state index contributed by atoms with van der Waals surface area (Å²) in [5.74, 6) is 1.61. The summed E-state index contributed by atoms with van der Waals surface area (Å²) in [7, 11) is 3.39. The van der Waals surface area contributed by atoms with E-state index in [-0.39, 0.29) is 6.61 Å². The zero-order chi connectivity index (χ0) is 20.4. The second kappa shape index (κ2) is 8.44. The molecule has 29 heavy (non-hydrogen) atoms. The molecule has 1 N–H and O–H groups in total. The van der Waals surface area contributed by atoms with Crippen LogP contribution in [0.2, 0.25) is 0 Å². The van der Waals surface area contributed by atoms with Gasteiger partial charge in [0.1, 0.15) is 0 Å². The minimum absolute atomic E-state index is 0.0807. The van der Waals surface area contributed by atoms with Crippen molar-refractivity contribution in [2.75, 3.05) is 20.8 Å². The second-order valence-electron chi connectivity index (χ2n) is 7.72. The Hall–Kier alpha value is -2.56. The Morgan fingerprint density at radius 2 is 1.59 bits per heavy atom. The van der Waals surface area contributed by atoms with E-state index in [0.29, 0.717) is 6.04 Å². The quantitative estimate of drug-likeness (QED) is 0.652. The normalized spacial score (nSPS) is 16.6. The number of nitrogens with zero attached hydrogens (tertiary/aromatic N) is 1. The van der Waals surface area contributed by atoms with Gasteiger partial charge in [-0.15, -0.1) is 0 Å². The minimum atomic E-state index is 0.0807. The molecule has 0 saturated heterocycles. The van der Waals surface area contributed by atoms with Gasteiger partial charge in [0.2, 0.25) is 0 Å². The van der Waals surface area contributed by atoms with Crippen molar-refractivity contribution >= 4 is 10.8 Å². The van der Waals surface area contributed by atoms with Crippen molar-refractivity contribution < 1.29 is 14.6 Å². The highest BCUT2D eigenvalue weighted by Crippen LogP contribution is 2.40. The number of rotatable bonds is 6. The van der Waals surface area contributed by atoms with Crippen molar-refractivity contribution in [1.82, 2.24) is 4.90 Å². The summed E-state index contributed by atoms with van der Waals surface area (Å²) in [6.07, 6.45) is 2.07. The van der Waals surface area contributed by atoms with E-state index >= 15 is 0 Å². The van der Waals surface area contributed by atoms with Crippen molar-refractivity contribution in [3.8, 4) is 11.5 Å². The van der Waals surface area contributed by atoms with Crippen molar-refractivity contribution in [3.05, 3.63) is 70.8 Å². The van der Waals surface area contributed by atoms with Gasteiger partial charge in [-0.1, -0.05) is 31.2 Å². The molecular formula is C25H29NO3. The molecule has 4 rings (SSSR count). The lowest BCUT2D eigenvalue weighted by Gasteiger charge is -2.37. The van der Waals surface area contributed by atoms with Crippen LogP contribution < -0.4 is 9.47 Å². The van der Waals surface area contributed by atoms with Crippen LogP contribution in [0.5, 0.6) is 11.5 Å². The molecule has 1 heterocycles. The van der Waals surface area contributed by atoms with Gasteiger partial charge in [-0.2, -0.15) is 0 Å². The van der Waals surface area contributed by atoms with E-state index in [1.807, 2.05) is 6.07 Å². The molecule has 1 atom stereocenters. The Morgan fingerprint density at radius 3 is 2.24 bits per heavy atom. The molecule has 4 nitrogen and oxygen atoms in total. The molecule has 0 saturated carbocycles. The zero-order valence-electron chi connectivity index (χ0n) is 17.4. The number of aliphatic hydroxyl groups is 1. The van der Waals surface area contributed by atoms with Gasteiger partial charge in [-0.25, -0.2) is 0 Å². The number of benzene rings is 3. The highest BCUT2D eigenvalue weighted by atomic mass is 16.5. The van der Waals surface area contributed by atoms with Crippen LogP contribution in [0.25, 0.3) is 10.8 Å². The molecule has 0 aliphatic carbocycles. The van der Waals surface area contributed by atoms with Crippen LogP contribution in [0.3, 0.4) is 0 Å². The molecule has 1 aliphatic heterocycles. The maximum Gasteiger partial charge on any atom is 0.161 e. The monoisotopic (exact) mass is 391 g/mol. The largest absolute Gasteiger partial charge is 0.493 e. The molecular weight excluding hydrogens is 362 g/mol. The Bertz CT molecular complexity index is 1010. The molecule has 0 aromatic heterocycles. The van der Waals surface area contributed by atoms with Crippen LogP contribution in [0.1, 0.15) is 41.6 Å². The van der Waals surface area contributed by atoms with Gasteiger partial charge >= 0.3 is 0 Å². The van der Waals surface area contributed by atoms with E-state index in [1.165, 1.54) is 27.5 Å². The Morgan fingerprint density at radius 1 is 0.931 bits per heavy atom. The summed E-state index contributed by atoms with van der Waals surface area (Å²) in [5.41, 5.74) is 4.98. The van der Waals surface area contributed by atoms with Gasteiger partial charge in [0.25, 0.3) is 0 Å². The number of methoxy groups -OCH3 is 2. The van der Waals surface area contributed by atoms with E-state index in [4.69, 9.17) is 9.47 Å². The third-order valence-electron chi connectivity index (χ3n) is 6.04. The van der Waals surface area contributed by atoms with Crippen LogP contribution in [-0.4, -0.2) is 30.8 Å². The number of hydrogen-bond donors (Lipinski definition) is 1. The maximum absolute atomic E-state index is 9.35. The van der Waals surface area contributed by atoms with Gasteiger partial charge in [0.15, 0.2) is 11.5 Å². The fraction of sp³-hybridized carbons (Fsp3) is 0.360. The Balaban J connectivity index is 1.62. The standard InChI is InChI=1S/C25H29NO3/c1-4-23-22-14-25(29-3)24(28-2)13-21(22)9-10-26(23)15-17-5-7-20-12-18(16-27)6-8-19(20)11-17/h5-8,11-14,23,27H,4,9-10,15-16H2,1-3H3. The van der Waals surface area contributed by atoms with Crippen LogP contribution >= 0.6 is 0 Å². The molecule has 4 heteroatoms. The van der Waals surface area contributed by atoms with Crippen molar-refractivity contribution in [3.63, 3.8) is 0 Å². The van der Waals surface area contributed by atoms with Gasteiger partial charge < -0.3 is 14.6 Å². The Labute approximate surface area is 172 Å². The average Bonchev–Trinajstić information content (AvgIpc) is 2.77. The zero-order valence-corrected chi connectivity index (χ0v) is 17.4. The minimum Gasteiger partial charge on any atom is -0.493 e. The SMILES string of the molecule is CCC1c2cc(OC)c(OC)cc2CCN1Cc1ccc2cc(CO)ccc2c1. The number of fused-ring (bicyclic) bond motifs is 2. The van der Waals surface area contributed by atoms with Gasteiger partial charge in [-0.05, 0) is 70.1 Å². The highest BCUT2D eigenvalue weighted by molar-refractivity contribution is 5.83.